The lowest BCUT2D eigenvalue weighted by Gasteiger charge is -2.38. The fourth-order valence-corrected chi connectivity index (χ4v) is 4.71. The zero-order valence-electron chi connectivity index (χ0n) is 21.1. The lowest BCUT2D eigenvalue weighted by atomic mass is 9.84. The molecule has 0 radical (unpaired) electrons. The van der Waals surface area contributed by atoms with Crippen molar-refractivity contribution < 1.29 is 50.1 Å². The van der Waals surface area contributed by atoms with Crippen LogP contribution in [0.25, 0.3) is 0 Å². The van der Waals surface area contributed by atoms with Crippen LogP contribution in [0.5, 0.6) is 5.75 Å². The molecule has 4 rings (SSSR count). The fraction of sp³-hybridized carbons (Fsp3) is 0.538. The van der Waals surface area contributed by atoms with E-state index in [4.69, 9.17) is 18.9 Å². The topological polar surface area (TPSA) is 70.1 Å². The van der Waals surface area contributed by atoms with Gasteiger partial charge in [0.05, 0.1) is 32.5 Å². The zero-order valence-corrected chi connectivity index (χ0v) is 21.1. The first kappa shape index (κ1) is 28.9. The first-order valence-electron chi connectivity index (χ1n) is 12.3. The van der Waals surface area contributed by atoms with Crippen LogP contribution in [0.4, 0.5) is 31.1 Å². The molecule has 1 amide bonds. The third-order valence-corrected chi connectivity index (χ3v) is 6.93. The SMILES string of the molecule is COc1ccc(COCC(OC(=O)N2CCC3(CC2)CC(c2cccc(C(F)(F)F)n2)CO3)C(F)(F)F)cc1. The third kappa shape index (κ3) is 7.33. The molecule has 2 aromatic rings. The molecule has 0 saturated carbocycles. The Morgan fingerprint density at radius 2 is 1.79 bits per heavy atom. The number of rotatable bonds is 7. The average molecular weight is 563 g/mol. The predicted octanol–water partition coefficient (Wildman–Crippen LogP) is 5.73. The van der Waals surface area contributed by atoms with Crippen molar-refractivity contribution >= 4 is 6.09 Å². The Morgan fingerprint density at radius 3 is 2.41 bits per heavy atom. The number of benzene rings is 1. The number of ether oxygens (including phenoxy) is 4. The van der Waals surface area contributed by atoms with Gasteiger partial charge in [0.1, 0.15) is 11.4 Å². The number of nitrogens with zero attached hydrogens (tertiary/aromatic N) is 2. The predicted molar refractivity (Wildman–Crippen MR) is 125 cm³/mol. The summed E-state index contributed by atoms with van der Waals surface area (Å²) in [5, 5.41) is 0. The molecule has 3 heterocycles. The van der Waals surface area contributed by atoms with Gasteiger partial charge in [-0.3, -0.25) is 0 Å². The molecule has 7 nitrogen and oxygen atoms in total. The molecule has 2 fully saturated rings. The van der Waals surface area contributed by atoms with Gasteiger partial charge in [0.15, 0.2) is 0 Å². The monoisotopic (exact) mass is 562 g/mol. The summed E-state index contributed by atoms with van der Waals surface area (Å²) in [5.41, 5.74) is -0.779. The molecule has 0 bridgehead atoms. The molecule has 1 spiro atoms. The Bertz CT molecular complexity index is 1120. The molecule has 2 aliphatic rings. The molecule has 1 aromatic carbocycles. The number of halogens is 6. The third-order valence-electron chi connectivity index (χ3n) is 6.93. The number of alkyl halides is 6. The smallest absolute Gasteiger partial charge is 0.433 e. The molecule has 39 heavy (non-hydrogen) atoms. The number of pyridine rings is 1. The van der Waals surface area contributed by atoms with Gasteiger partial charge in [-0.2, -0.15) is 26.3 Å². The van der Waals surface area contributed by atoms with Crippen molar-refractivity contribution in [3.8, 4) is 5.75 Å². The number of piperidine rings is 1. The van der Waals surface area contributed by atoms with Gasteiger partial charge in [-0.25, -0.2) is 9.78 Å². The van der Waals surface area contributed by atoms with E-state index in [0.717, 1.165) is 6.07 Å². The van der Waals surface area contributed by atoms with Crippen molar-refractivity contribution in [2.24, 2.45) is 0 Å². The number of carbonyl (C=O) groups is 1. The highest BCUT2D eigenvalue weighted by atomic mass is 19.4. The first-order valence-corrected chi connectivity index (χ1v) is 12.3. The van der Waals surface area contributed by atoms with Gasteiger partial charge in [-0.1, -0.05) is 18.2 Å². The first-order chi connectivity index (χ1) is 18.4. The molecule has 2 unspecified atom stereocenters. The van der Waals surface area contributed by atoms with Crippen LogP contribution in [0, 0.1) is 0 Å². The number of methoxy groups -OCH3 is 1. The number of aromatic nitrogens is 1. The summed E-state index contributed by atoms with van der Waals surface area (Å²) in [5.74, 6) is 0.235. The summed E-state index contributed by atoms with van der Waals surface area (Å²) in [4.78, 5) is 17.5. The minimum absolute atomic E-state index is 0.0822. The van der Waals surface area contributed by atoms with Crippen molar-refractivity contribution in [2.75, 3.05) is 33.4 Å². The molecule has 2 atom stereocenters. The van der Waals surface area contributed by atoms with Crippen LogP contribution in [0.1, 0.15) is 42.1 Å². The number of carbonyl (C=O) groups excluding carboxylic acids is 1. The van der Waals surface area contributed by atoms with E-state index in [1.165, 1.54) is 24.1 Å². The maximum atomic E-state index is 13.5. The van der Waals surface area contributed by atoms with Gasteiger partial charge >= 0.3 is 18.4 Å². The van der Waals surface area contributed by atoms with E-state index < -0.39 is 42.5 Å². The lowest BCUT2D eigenvalue weighted by molar-refractivity contribution is -0.220. The summed E-state index contributed by atoms with van der Waals surface area (Å²) in [6.45, 7) is -0.647. The Labute approximate surface area is 221 Å². The van der Waals surface area contributed by atoms with Crippen molar-refractivity contribution in [2.45, 2.75) is 55.8 Å². The molecule has 2 aliphatic heterocycles. The maximum absolute atomic E-state index is 13.5. The van der Waals surface area contributed by atoms with Gasteiger partial charge in [0, 0.05) is 24.7 Å². The summed E-state index contributed by atoms with van der Waals surface area (Å²) >= 11 is 0. The second-order valence-corrected chi connectivity index (χ2v) is 9.60. The van der Waals surface area contributed by atoms with Gasteiger partial charge in [-0.05, 0) is 49.1 Å². The minimum Gasteiger partial charge on any atom is -0.497 e. The standard InChI is InChI=1S/C26H28F6N2O5/c1-36-19-7-5-17(6-8-19)14-37-16-22(26(30,31)32)39-23(35)34-11-9-24(10-12-34)13-18(15-38-24)20-3-2-4-21(33-20)25(27,28)29/h2-8,18,22H,9-16H2,1H3. The molecule has 0 aliphatic carbocycles. The van der Waals surface area contributed by atoms with Gasteiger partial charge in [0.2, 0.25) is 6.10 Å². The number of hydrogen-bond donors (Lipinski definition) is 0. The molecule has 1 aromatic heterocycles. The Morgan fingerprint density at radius 1 is 1.10 bits per heavy atom. The minimum atomic E-state index is -4.83. The van der Waals surface area contributed by atoms with Crippen molar-refractivity contribution in [3.63, 3.8) is 0 Å². The normalized spacial score (nSPS) is 20.2. The fourth-order valence-electron chi connectivity index (χ4n) is 4.71. The number of hydrogen-bond acceptors (Lipinski definition) is 6. The van der Waals surface area contributed by atoms with Crippen LogP contribution in [0.2, 0.25) is 0 Å². The van der Waals surface area contributed by atoms with Crippen LogP contribution in [0.3, 0.4) is 0 Å². The van der Waals surface area contributed by atoms with Crippen molar-refractivity contribution in [1.82, 2.24) is 9.88 Å². The van der Waals surface area contributed by atoms with Gasteiger partial charge < -0.3 is 23.8 Å². The van der Waals surface area contributed by atoms with E-state index >= 15 is 0 Å². The highest BCUT2D eigenvalue weighted by molar-refractivity contribution is 5.68. The summed E-state index contributed by atoms with van der Waals surface area (Å²) < 4.78 is 101. The maximum Gasteiger partial charge on any atom is 0.433 e. The van der Waals surface area contributed by atoms with Crippen LogP contribution in [-0.2, 0) is 27.0 Å². The van der Waals surface area contributed by atoms with Crippen molar-refractivity contribution in [1.29, 1.82) is 0 Å². The van der Waals surface area contributed by atoms with E-state index in [2.05, 4.69) is 4.98 Å². The molecule has 214 valence electrons. The largest absolute Gasteiger partial charge is 0.497 e. The van der Waals surface area contributed by atoms with E-state index in [9.17, 15) is 31.1 Å². The van der Waals surface area contributed by atoms with Crippen LogP contribution in [-0.4, -0.2) is 67.3 Å². The summed E-state index contributed by atoms with van der Waals surface area (Å²) in [6.07, 6.45) is -11.9. The molecular formula is C26H28F6N2O5. The summed E-state index contributed by atoms with van der Waals surface area (Å²) in [7, 11) is 1.49. The Kier molecular flexibility index (Phi) is 8.60. The second kappa shape index (κ2) is 11.6. The van der Waals surface area contributed by atoms with Gasteiger partial charge in [0.25, 0.3) is 0 Å². The molecule has 13 heteroatoms. The van der Waals surface area contributed by atoms with Crippen LogP contribution < -0.4 is 4.74 Å². The lowest BCUT2D eigenvalue weighted by Crippen LogP contribution is -2.49. The molecule has 2 saturated heterocycles. The Balaban J connectivity index is 1.28. The van der Waals surface area contributed by atoms with Gasteiger partial charge in [-0.15, -0.1) is 0 Å². The highest BCUT2D eigenvalue weighted by Crippen LogP contribution is 2.43. The Hall–Kier alpha value is -3.06. The quantitative estimate of drug-likeness (QED) is 0.402. The molecule has 0 N–H and O–H groups in total. The van der Waals surface area contributed by atoms with E-state index in [1.54, 1.807) is 24.3 Å². The van der Waals surface area contributed by atoms with E-state index in [-0.39, 0.29) is 37.9 Å². The van der Waals surface area contributed by atoms with E-state index in [0.29, 0.717) is 30.6 Å². The average Bonchev–Trinajstić information content (AvgIpc) is 3.31. The van der Waals surface area contributed by atoms with Crippen LogP contribution >= 0.6 is 0 Å². The number of amides is 1. The summed E-state index contributed by atoms with van der Waals surface area (Å²) in [6, 6.07) is 10.3. The van der Waals surface area contributed by atoms with Crippen LogP contribution in [0.15, 0.2) is 42.5 Å². The molecular weight excluding hydrogens is 534 g/mol. The second-order valence-electron chi connectivity index (χ2n) is 9.60. The highest BCUT2D eigenvalue weighted by Gasteiger charge is 2.47. The van der Waals surface area contributed by atoms with E-state index in [1.807, 2.05) is 0 Å². The zero-order chi connectivity index (χ0) is 28.3. The van der Waals surface area contributed by atoms with Crippen molar-refractivity contribution in [3.05, 3.63) is 59.4 Å². The number of likely N-dealkylation sites (tertiary alicyclic amines) is 1.